The van der Waals surface area contributed by atoms with E-state index in [1.54, 1.807) is 24.1 Å². The molecule has 1 aromatic heterocycles. The van der Waals surface area contributed by atoms with Crippen LogP contribution in [0.3, 0.4) is 0 Å². The third-order valence-electron chi connectivity index (χ3n) is 4.01. The Morgan fingerprint density at radius 1 is 1.38 bits per heavy atom. The molecule has 0 saturated heterocycles. The number of carbonyl (C=O) groups excluding carboxylic acids is 1. The molecular formula is C17H19N5O4. The molecule has 0 spiro atoms. The van der Waals surface area contributed by atoms with Crippen LogP contribution < -0.4 is 10.2 Å². The molecule has 0 aliphatic heterocycles. The fourth-order valence-corrected chi connectivity index (χ4v) is 2.42. The van der Waals surface area contributed by atoms with Crippen molar-refractivity contribution in [1.29, 1.82) is 0 Å². The van der Waals surface area contributed by atoms with Crippen LogP contribution in [0.2, 0.25) is 0 Å². The molecule has 1 aliphatic rings. The van der Waals surface area contributed by atoms with Gasteiger partial charge in [0.25, 0.3) is 0 Å². The Hall–Kier alpha value is -3.23. The summed E-state index contributed by atoms with van der Waals surface area (Å²) in [5, 5.41) is 14.2. The lowest BCUT2D eigenvalue weighted by Crippen LogP contribution is -2.20. The average molecular weight is 357 g/mol. The number of carbonyl (C=O) groups is 1. The number of nitrogens with zero attached hydrogens (tertiary/aromatic N) is 4. The van der Waals surface area contributed by atoms with Gasteiger partial charge in [-0.2, -0.15) is 4.98 Å². The summed E-state index contributed by atoms with van der Waals surface area (Å²) >= 11 is 0. The van der Waals surface area contributed by atoms with Crippen LogP contribution in [0.15, 0.2) is 30.5 Å². The van der Waals surface area contributed by atoms with Gasteiger partial charge in [-0.25, -0.2) is 9.78 Å². The van der Waals surface area contributed by atoms with E-state index >= 15 is 0 Å². The summed E-state index contributed by atoms with van der Waals surface area (Å²) in [5.74, 6) is 0.241. The fourth-order valence-electron chi connectivity index (χ4n) is 2.42. The van der Waals surface area contributed by atoms with Gasteiger partial charge >= 0.3 is 11.7 Å². The number of anilines is 2. The zero-order chi connectivity index (χ0) is 18.7. The Kier molecular flexibility index (Phi) is 4.97. The van der Waals surface area contributed by atoms with Crippen molar-refractivity contribution < 1.29 is 14.5 Å². The molecule has 26 heavy (non-hydrogen) atoms. The van der Waals surface area contributed by atoms with E-state index in [0.717, 1.165) is 18.4 Å². The summed E-state index contributed by atoms with van der Waals surface area (Å²) < 4.78 is 4.68. The second-order valence-electron chi connectivity index (χ2n) is 6.12. The van der Waals surface area contributed by atoms with Crippen molar-refractivity contribution in [1.82, 2.24) is 9.97 Å². The van der Waals surface area contributed by atoms with Crippen molar-refractivity contribution >= 4 is 23.4 Å². The smallest absolute Gasteiger partial charge is 0.337 e. The van der Waals surface area contributed by atoms with Gasteiger partial charge in [-0.1, -0.05) is 12.1 Å². The fraction of sp³-hybridized carbons (Fsp3) is 0.353. The molecule has 9 nitrogen and oxygen atoms in total. The molecule has 0 unspecified atom stereocenters. The van der Waals surface area contributed by atoms with Crippen LogP contribution in [0, 0.1) is 10.1 Å². The van der Waals surface area contributed by atoms with Crippen molar-refractivity contribution in [3.8, 4) is 0 Å². The lowest BCUT2D eigenvalue weighted by Gasteiger charge is -2.18. The Morgan fingerprint density at radius 3 is 2.65 bits per heavy atom. The molecule has 1 aliphatic carbocycles. The van der Waals surface area contributed by atoms with Gasteiger partial charge in [0.1, 0.15) is 6.20 Å². The van der Waals surface area contributed by atoms with Crippen LogP contribution in [-0.4, -0.2) is 41.1 Å². The minimum absolute atomic E-state index is 0.128. The molecule has 0 atom stereocenters. The van der Waals surface area contributed by atoms with Crippen molar-refractivity contribution in [3.05, 3.63) is 51.7 Å². The first kappa shape index (κ1) is 17.6. The first-order valence-electron chi connectivity index (χ1n) is 8.14. The highest BCUT2D eigenvalue weighted by atomic mass is 16.6. The molecule has 1 N–H and O–H groups in total. The highest BCUT2D eigenvalue weighted by molar-refractivity contribution is 5.89. The summed E-state index contributed by atoms with van der Waals surface area (Å²) in [5.41, 5.74) is 1.29. The third-order valence-corrected chi connectivity index (χ3v) is 4.01. The molecule has 2 aromatic rings. The van der Waals surface area contributed by atoms with Gasteiger partial charge in [0.15, 0.2) is 0 Å². The Morgan fingerprint density at radius 2 is 2.08 bits per heavy atom. The van der Waals surface area contributed by atoms with E-state index in [0.29, 0.717) is 18.1 Å². The van der Waals surface area contributed by atoms with Gasteiger partial charge in [-0.3, -0.25) is 10.1 Å². The summed E-state index contributed by atoms with van der Waals surface area (Å²) in [6.07, 6.45) is 3.20. The normalized spacial score (nSPS) is 13.2. The SMILES string of the molecule is COC(=O)c1ccc(CN(C)c2ncc([N+](=O)[O-])c(NC3CC3)n2)cc1. The largest absolute Gasteiger partial charge is 0.465 e. The number of aromatic nitrogens is 2. The van der Waals surface area contributed by atoms with E-state index in [-0.39, 0.29) is 23.5 Å². The number of esters is 1. The quantitative estimate of drug-likeness (QED) is 0.457. The van der Waals surface area contributed by atoms with Crippen molar-refractivity contribution in [3.63, 3.8) is 0 Å². The molecule has 136 valence electrons. The minimum Gasteiger partial charge on any atom is -0.465 e. The van der Waals surface area contributed by atoms with Crippen LogP contribution in [0.1, 0.15) is 28.8 Å². The number of benzene rings is 1. The minimum atomic E-state index is -0.486. The van der Waals surface area contributed by atoms with Crippen LogP contribution in [0.5, 0.6) is 0 Å². The van der Waals surface area contributed by atoms with Crippen LogP contribution >= 0.6 is 0 Å². The van der Waals surface area contributed by atoms with Crippen LogP contribution in [-0.2, 0) is 11.3 Å². The van der Waals surface area contributed by atoms with Gasteiger partial charge < -0.3 is 15.0 Å². The Balaban J connectivity index is 1.75. The number of ether oxygens (including phenoxy) is 1. The molecule has 0 bridgehead atoms. The summed E-state index contributed by atoms with van der Waals surface area (Å²) in [7, 11) is 3.14. The summed E-state index contributed by atoms with van der Waals surface area (Å²) in [6, 6.07) is 7.25. The first-order valence-corrected chi connectivity index (χ1v) is 8.14. The van der Waals surface area contributed by atoms with E-state index in [4.69, 9.17) is 0 Å². The zero-order valence-electron chi connectivity index (χ0n) is 14.5. The summed E-state index contributed by atoms with van der Waals surface area (Å²) in [4.78, 5) is 32.3. The number of hydrogen-bond donors (Lipinski definition) is 1. The standard InChI is InChI=1S/C17H19N5O4/c1-21(10-11-3-5-12(6-4-11)16(23)26-2)17-18-9-14(22(24)25)15(20-17)19-13-7-8-13/h3-6,9,13H,7-8,10H2,1-2H3,(H,18,19,20). The third kappa shape index (κ3) is 4.05. The van der Waals surface area contributed by atoms with E-state index in [9.17, 15) is 14.9 Å². The topological polar surface area (TPSA) is 110 Å². The molecular weight excluding hydrogens is 338 g/mol. The maximum Gasteiger partial charge on any atom is 0.337 e. The number of rotatable bonds is 7. The van der Waals surface area contributed by atoms with Crippen molar-refractivity contribution in [2.24, 2.45) is 0 Å². The highest BCUT2D eigenvalue weighted by Gasteiger charge is 2.27. The molecule has 9 heteroatoms. The van der Waals surface area contributed by atoms with Gasteiger partial charge in [-0.15, -0.1) is 0 Å². The second-order valence-corrected chi connectivity index (χ2v) is 6.12. The van der Waals surface area contributed by atoms with Crippen molar-refractivity contribution in [2.75, 3.05) is 24.4 Å². The van der Waals surface area contributed by atoms with Gasteiger partial charge in [0.05, 0.1) is 17.6 Å². The Labute approximate surface area is 150 Å². The average Bonchev–Trinajstić information content (AvgIpc) is 3.45. The lowest BCUT2D eigenvalue weighted by atomic mass is 10.1. The number of hydrogen-bond acceptors (Lipinski definition) is 8. The first-order chi connectivity index (χ1) is 12.5. The molecule has 1 fully saturated rings. The highest BCUT2D eigenvalue weighted by Crippen LogP contribution is 2.30. The monoisotopic (exact) mass is 357 g/mol. The number of methoxy groups -OCH3 is 1. The molecule has 0 amide bonds. The van der Waals surface area contributed by atoms with E-state index in [1.807, 2.05) is 12.1 Å². The molecule has 3 rings (SSSR count). The molecule has 1 heterocycles. The van der Waals surface area contributed by atoms with E-state index in [2.05, 4.69) is 20.0 Å². The molecule has 1 aromatic carbocycles. The van der Waals surface area contributed by atoms with Gasteiger partial charge in [0.2, 0.25) is 11.8 Å². The zero-order valence-corrected chi connectivity index (χ0v) is 14.5. The maximum absolute atomic E-state index is 11.5. The van der Waals surface area contributed by atoms with Gasteiger partial charge in [0, 0.05) is 19.6 Å². The van der Waals surface area contributed by atoms with Gasteiger partial charge in [-0.05, 0) is 30.5 Å². The van der Waals surface area contributed by atoms with E-state index in [1.165, 1.54) is 13.3 Å². The molecule has 1 saturated carbocycles. The van der Waals surface area contributed by atoms with Crippen LogP contribution in [0.4, 0.5) is 17.5 Å². The lowest BCUT2D eigenvalue weighted by molar-refractivity contribution is -0.384. The Bertz CT molecular complexity index is 820. The molecule has 0 radical (unpaired) electrons. The number of nitro groups is 1. The predicted molar refractivity (Wildman–Crippen MR) is 95.2 cm³/mol. The second kappa shape index (κ2) is 7.34. The maximum atomic E-state index is 11.5. The predicted octanol–water partition coefficient (Wildman–Crippen LogP) is 2.38. The van der Waals surface area contributed by atoms with Crippen molar-refractivity contribution in [2.45, 2.75) is 25.4 Å². The van der Waals surface area contributed by atoms with Crippen LogP contribution in [0.25, 0.3) is 0 Å². The summed E-state index contributed by atoms with van der Waals surface area (Å²) in [6.45, 7) is 0.488. The number of nitrogens with one attached hydrogen (secondary N) is 1. The van der Waals surface area contributed by atoms with E-state index < -0.39 is 4.92 Å².